The third kappa shape index (κ3) is 24.7. The summed E-state index contributed by atoms with van der Waals surface area (Å²) in [7, 11) is 16.9. The minimum Gasteiger partial charge on any atom is -0.493 e. The number of hydrogen-bond acceptors (Lipinski definition) is 22. The number of piperidine rings is 3. The minimum atomic E-state index is 0.578. The molecular formula is C95H138N22O5. The van der Waals surface area contributed by atoms with Gasteiger partial charge in [-0.3, -0.25) is 9.88 Å². The monoisotopic (exact) mass is 1670 g/mol. The van der Waals surface area contributed by atoms with Crippen LogP contribution >= 0.6 is 0 Å². The molecule has 0 radical (unpaired) electrons. The van der Waals surface area contributed by atoms with E-state index in [4.69, 9.17) is 43.3 Å². The molecule has 18 rings (SSSR count). The zero-order valence-electron chi connectivity index (χ0n) is 74.3. The number of nitrogens with one attached hydrogen (secondary N) is 4. The number of ether oxygens (including phenoxy) is 4. The number of imidazole rings is 4. The van der Waals surface area contributed by atoms with Crippen molar-refractivity contribution in [1.82, 2.24) is 87.0 Å². The Bertz CT molecular complexity index is 4980. The van der Waals surface area contributed by atoms with Crippen molar-refractivity contribution in [2.45, 2.75) is 129 Å². The molecule has 122 heavy (non-hydrogen) atoms. The van der Waals surface area contributed by atoms with Gasteiger partial charge in [-0.2, -0.15) is 0 Å². The second-order valence-electron chi connectivity index (χ2n) is 36.0. The van der Waals surface area contributed by atoms with Crippen molar-refractivity contribution in [2.75, 3.05) is 215 Å². The average Bonchev–Trinajstić information content (AvgIpc) is 1.65. The number of rotatable bonds is 34. The van der Waals surface area contributed by atoms with Crippen LogP contribution in [0.15, 0.2) is 138 Å². The summed E-state index contributed by atoms with van der Waals surface area (Å²) in [4.78, 5) is 42.8. The van der Waals surface area contributed by atoms with Gasteiger partial charge in [-0.05, 0) is 238 Å². The van der Waals surface area contributed by atoms with Gasteiger partial charge < -0.3 is 102 Å². The number of aryl methyl sites for hydroxylation is 1. The highest BCUT2D eigenvalue weighted by Gasteiger charge is 2.30. The molecule has 27 nitrogen and oxygen atoms in total. The molecule has 3 saturated heterocycles. The fourth-order valence-corrected chi connectivity index (χ4v) is 18.6. The van der Waals surface area contributed by atoms with Crippen molar-refractivity contribution in [3.63, 3.8) is 0 Å². The van der Waals surface area contributed by atoms with Gasteiger partial charge >= 0.3 is 0 Å². The van der Waals surface area contributed by atoms with E-state index < -0.39 is 0 Å². The van der Waals surface area contributed by atoms with Gasteiger partial charge in [-0.15, -0.1) is 0 Å². The summed E-state index contributed by atoms with van der Waals surface area (Å²) in [6.45, 7) is 29.7. The molecule has 14 heterocycles. The topological polar surface area (TPSA) is 213 Å². The predicted molar refractivity (Wildman–Crippen MR) is 493 cm³/mol. The number of anilines is 4. The highest BCUT2D eigenvalue weighted by atomic mass is 16.5. The standard InChI is InChI=1S/C26H36N6O.C25H35N5O2.C23H34N6O.C21H33N5O/c1-30(20-22-8-3-4-11-27-22)12-7-15-33-23-9-10-24-25(16-23)32-19-21(17-28-26(32)29-24)18-31-13-5-2-6-14-31;1-28(19-22-7-5-13-32-22)10-6-14-31-21-8-9-23-24(15-21)30-18-20(16-26-25(30)27-23)17-29-11-3-2-4-12-29;1-26(2)15-18-14-24-23-25-21-9-8-20(13-22(21)29(23)16-18)30-12-6-10-27(3)17-19-7-5-11-28(19)4;1-24(2)9-6-12-27-18-7-8-19-20(13-18)26-16-17(14-22-21(26)23-19)15-25-10-4-3-5-11-25/h3-4,8-11,16,21H,2,5-7,12-15,17-20H2,1H3,(H,28,29);5,7-9,13,15,20H,2-4,6,10-12,14,16-19H2,1H3,(H,26,27);5,7-9,11,13,18H,6,10,12,14-17H2,1-4H3,(H,24,25);7-8,13,17H,3-6,9-12,14-16H2,1-2H3,(H,22,23). The molecule has 7 aromatic heterocycles. The van der Waals surface area contributed by atoms with Crippen LogP contribution in [-0.2, 0) is 52.9 Å². The Morgan fingerprint density at radius 3 is 1.14 bits per heavy atom. The Hall–Kier alpha value is -9.45. The fraction of sp³-hybridized carbons (Fsp3) is 0.568. The summed E-state index contributed by atoms with van der Waals surface area (Å²) >= 11 is 0. The molecule has 7 aliphatic rings. The summed E-state index contributed by atoms with van der Waals surface area (Å²) in [5.41, 5.74) is 11.3. The van der Waals surface area contributed by atoms with Gasteiger partial charge in [0.25, 0.3) is 0 Å². The van der Waals surface area contributed by atoms with Crippen molar-refractivity contribution >= 4 is 67.9 Å². The number of hydrogen-bond donors (Lipinski definition) is 4. The van der Waals surface area contributed by atoms with E-state index in [1.165, 1.54) is 139 Å². The van der Waals surface area contributed by atoms with Crippen molar-refractivity contribution in [3.8, 4) is 23.0 Å². The maximum Gasteiger partial charge on any atom is 0.203 e. The Morgan fingerprint density at radius 1 is 0.393 bits per heavy atom. The minimum absolute atomic E-state index is 0.578. The molecule has 4 atom stereocenters. The first-order valence-corrected chi connectivity index (χ1v) is 45.7. The van der Waals surface area contributed by atoms with Crippen molar-refractivity contribution in [2.24, 2.45) is 30.7 Å². The number of likely N-dealkylation sites (tertiary alicyclic amines) is 3. The molecule has 4 N–H and O–H groups in total. The van der Waals surface area contributed by atoms with Crippen LogP contribution in [0.4, 0.5) is 23.8 Å². The third-order valence-electron chi connectivity index (χ3n) is 24.9. The molecule has 4 unspecified atom stereocenters. The SMILES string of the molecule is CN(C)CC1CNc2nc3ccc(OCCCN(C)Cc4cccn4C)cc3n2C1.CN(C)CCCOc1ccc2nc3n(c2c1)CC(CN1CCCCC1)CN3.CN(CCCOc1ccc2nc3n(c2c1)CC(CN1CCCCC1)CN3)Cc1ccccn1.CN(CCCOc1ccc2nc3n(c2c1)CC(CN1CCCCC1)CN3)Cc1ccco1. The van der Waals surface area contributed by atoms with Crippen molar-refractivity contribution in [3.05, 3.63) is 151 Å². The van der Waals surface area contributed by atoms with Gasteiger partial charge in [0, 0.05) is 191 Å². The third-order valence-corrected chi connectivity index (χ3v) is 24.9. The van der Waals surface area contributed by atoms with E-state index in [0.717, 1.165) is 223 Å². The van der Waals surface area contributed by atoms with Gasteiger partial charge in [0.05, 0.1) is 89.1 Å². The fourth-order valence-electron chi connectivity index (χ4n) is 18.6. The van der Waals surface area contributed by atoms with E-state index in [1.54, 1.807) is 6.26 Å². The quantitative estimate of drug-likeness (QED) is 0.0276. The molecule has 0 bridgehead atoms. The molecule has 0 aliphatic carbocycles. The van der Waals surface area contributed by atoms with Crippen LogP contribution in [-0.4, -0.2) is 281 Å². The van der Waals surface area contributed by atoms with Gasteiger partial charge in [-0.25, -0.2) is 19.9 Å². The van der Waals surface area contributed by atoms with E-state index in [9.17, 15) is 0 Å². The zero-order valence-corrected chi connectivity index (χ0v) is 74.3. The van der Waals surface area contributed by atoms with Gasteiger partial charge in [0.1, 0.15) is 28.8 Å². The van der Waals surface area contributed by atoms with Crippen molar-refractivity contribution < 1.29 is 23.4 Å². The summed E-state index contributed by atoms with van der Waals surface area (Å²) in [5.74, 6) is 11.1. The number of fused-ring (bicyclic) bond motifs is 12. The first-order valence-electron chi connectivity index (χ1n) is 45.7. The lowest BCUT2D eigenvalue weighted by molar-refractivity contribution is 0.188. The molecule has 7 aliphatic heterocycles. The maximum atomic E-state index is 6.11. The normalized spacial score (nSPS) is 18.7. The van der Waals surface area contributed by atoms with Crippen LogP contribution in [0.3, 0.4) is 0 Å². The zero-order chi connectivity index (χ0) is 83.9. The lowest BCUT2D eigenvalue weighted by atomic mass is 10.0. The Morgan fingerprint density at radius 2 is 0.779 bits per heavy atom. The molecule has 0 saturated carbocycles. The van der Waals surface area contributed by atoms with Crippen LogP contribution in [0.1, 0.15) is 101 Å². The van der Waals surface area contributed by atoms with E-state index in [2.05, 4.69) is 218 Å². The van der Waals surface area contributed by atoms with E-state index in [0.29, 0.717) is 43.5 Å². The first-order chi connectivity index (χ1) is 59.7. The van der Waals surface area contributed by atoms with Crippen LogP contribution in [0, 0.1) is 23.7 Å². The highest BCUT2D eigenvalue weighted by Crippen LogP contribution is 2.34. The van der Waals surface area contributed by atoms with Gasteiger partial charge in [-0.1, -0.05) is 25.3 Å². The molecule has 4 aromatic carbocycles. The summed E-state index contributed by atoms with van der Waals surface area (Å²) < 4.78 is 41.2. The van der Waals surface area contributed by atoms with Crippen LogP contribution < -0.4 is 40.2 Å². The number of aromatic nitrogens is 10. The molecular weight excluding hydrogens is 1530 g/mol. The largest absolute Gasteiger partial charge is 0.493 e. The second-order valence-corrected chi connectivity index (χ2v) is 36.0. The summed E-state index contributed by atoms with van der Waals surface area (Å²) in [6, 6.07) is 39.4. The number of benzene rings is 4. The van der Waals surface area contributed by atoms with E-state index in [1.807, 2.05) is 54.7 Å². The Balaban J connectivity index is 0.000000127. The lowest BCUT2D eigenvalue weighted by Gasteiger charge is -2.33. The number of pyridine rings is 1. The van der Waals surface area contributed by atoms with Crippen molar-refractivity contribution in [1.29, 1.82) is 0 Å². The molecule has 0 amide bonds. The molecule has 27 heteroatoms. The Labute approximate surface area is 723 Å². The molecule has 658 valence electrons. The van der Waals surface area contributed by atoms with Gasteiger partial charge in [0.2, 0.25) is 23.8 Å². The number of nitrogens with zero attached hydrogens (tertiary/aromatic N) is 18. The Kier molecular flexibility index (Phi) is 31.4. The number of furan rings is 1. The van der Waals surface area contributed by atoms with Gasteiger partial charge in [0.15, 0.2) is 0 Å². The van der Waals surface area contributed by atoms with Crippen LogP contribution in [0.2, 0.25) is 0 Å². The smallest absolute Gasteiger partial charge is 0.203 e. The lowest BCUT2D eigenvalue weighted by Crippen LogP contribution is -2.40. The predicted octanol–water partition coefficient (Wildman–Crippen LogP) is 13.7. The maximum absolute atomic E-state index is 6.11. The van der Waals surface area contributed by atoms with Crippen LogP contribution in [0.5, 0.6) is 23.0 Å². The average molecular weight is 1670 g/mol. The van der Waals surface area contributed by atoms with E-state index >= 15 is 0 Å². The molecule has 0 spiro atoms. The summed E-state index contributed by atoms with van der Waals surface area (Å²) in [6.07, 6.45) is 21.9. The molecule has 11 aromatic rings. The highest BCUT2D eigenvalue weighted by molar-refractivity contribution is 5.83. The summed E-state index contributed by atoms with van der Waals surface area (Å²) in [5, 5.41) is 14.2. The van der Waals surface area contributed by atoms with Crippen LogP contribution in [0.25, 0.3) is 44.1 Å². The second kappa shape index (κ2) is 43.7. The van der Waals surface area contributed by atoms with E-state index in [-0.39, 0.29) is 0 Å². The first kappa shape index (κ1) is 87.5. The molecule has 3 fully saturated rings.